The molecule has 1 heterocycles. The van der Waals surface area contributed by atoms with Crippen molar-refractivity contribution in [2.24, 2.45) is 7.05 Å². The molecule has 7 nitrogen and oxygen atoms in total. The summed E-state index contributed by atoms with van der Waals surface area (Å²) in [6.07, 6.45) is 1.50. The molecule has 22 heavy (non-hydrogen) atoms. The van der Waals surface area contributed by atoms with Crippen LogP contribution < -0.4 is 4.72 Å². The number of rotatable bonds is 5. The van der Waals surface area contributed by atoms with E-state index in [1.807, 2.05) is 0 Å². The van der Waals surface area contributed by atoms with Crippen LogP contribution in [0.5, 0.6) is 0 Å². The predicted octanol–water partition coefficient (Wildman–Crippen LogP) is 1.04. The highest BCUT2D eigenvalue weighted by Crippen LogP contribution is 2.21. The summed E-state index contributed by atoms with van der Waals surface area (Å²) in [7, 11) is -2.55. The number of benzene rings is 1. The van der Waals surface area contributed by atoms with Gasteiger partial charge in [-0.05, 0) is 30.7 Å². The Morgan fingerprint density at radius 3 is 2.68 bits per heavy atom. The molecule has 0 unspecified atom stereocenters. The molecule has 0 fully saturated rings. The molecule has 1 aromatic carbocycles. The van der Waals surface area contributed by atoms with Crippen LogP contribution in [-0.4, -0.2) is 29.3 Å². The number of carboxylic acids is 1. The lowest BCUT2D eigenvalue weighted by Crippen LogP contribution is -2.26. The van der Waals surface area contributed by atoms with E-state index in [9.17, 15) is 17.6 Å². The Labute approximate surface area is 126 Å². The smallest absolute Gasteiger partial charge is 0.338 e. The molecule has 0 spiro atoms. The van der Waals surface area contributed by atoms with Crippen molar-refractivity contribution in [3.63, 3.8) is 0 Å². The first-order valence-electron chi connectivity index (χ1n) is 6.22. The summed E-state index contributed by atoms with van der Waals surface area (Å²) >= 11 is 0. The number of aromatic carboxylic acids is 1. The van der Waals surface area contributed by atoms with Crippen molar-refractivity contribution in [2.45, 2.75) is 18.4 Å². The molecule has 2 aromatic rings. The third kappa shape index (κ3) is 3.15. The van der Waals surface area contributed by atoms with Gasteiger partial charge in [0, 0.05) is 13.2 Å². The van der Waals surface area contributed by atoms with E-state index in [0.717, 1.165) is 12.1 Å². The van der Waals surface area contributed by atoms with Gasteiger partial charge < -0.3 is 5.11 Å². The predicted molar refractivity (Wildman–Crippen MR) is 75.3 cm³/mol. The van der Waals surface area contributed by atoms with E-state index in [4.69, 9.17) is 5.11 Å². The fourth-order valence-corrected chi connectivity index (χ4v) is 3.09. The van der Waals surface area contributed by atoms with E-state index in [1.54, 1.807) is 13.1 Å². The van der Waals surface area contributed by atoms with Gasteiger partial charge >= 0.3 is 5.97 Å². The molecule has 0 radical (unpaired) electrons. The quantitative estimate of drug-likeness (QED) is 0.854. The van der Waals surface area contributed by atoms with Crippen LogP contribution in [0.25, 0.3) is 0 Å². The fraction of sp³-hybridized carbons (Fsp3) is 0.231. The zero-order valence-corrected chi connectivity index (χ0v) is 12.7. The van der Waals surface area contributed by atoms with Crippen molar-refractivity contribution >= 4 is 16.0 Å². The minimum absolute atomic E-state index is 0.0887. The summed E-state index contributed by atoms with van der Waals surface area (Å²) in [5.74, 6) is -2.81. The Kier molecular flexibility index (Phi) is 4.29. The van der Waals surface area contributed by atoms with E-state index in [0.29, 0.717) is 11.3 Å². The number of aromatic nitrogens is 2. The minimum Gasteiger partial charge on any atom is -0.478 e. The maximum absolute atomic E-state index is 14.1. The molecule has 0 aliphatic rings. The van der Waals surface area contributed by atoms with Crippen LogP contribution >= 0.6 is 0 Å². The van der Waals surface area contributed by atoms with Crippen molar-refractivity contribution in [2.75, 3.05) is 0 Å². The fourth-order valence-electron chi connectivity index (χ4n) is 1.91. The van der Waals surface area contributed by atoms with Gasteiger partial charge in [0.05, 0.1) is 17.8 Å². The average molecular weight is 327 g/mol. The Bertz CT molecular complexity index is 830. The van der Waals surface area contributed by atoms with E-state index >= 15 is 0 Å². The van der Waals surface area contributed by atoms with E-state index < -0.39 is 32.3 Å². The molecule has 0 aliphatic carbocycles. The maximum atomic E-state index is 14.1. The summed E-state index contributed by atoms with van der Waals surface area (Å²) in [5, 5.41) is 12.8. The molecule has 0 atom stereocenters. The summed E-state index contributed by atoms with van der Waals surface area (Å²) in [4.78, 5) is 10.3. The number of nitrogens with zero attached hydrogens (tertiary/aromatic N) is 2. The molecule has 9 heteroatoms. The summed E-state index contributed by atoms with van der Waals surface area (Å²) < 4.78 is 42.3. The van der Waals surface area contributed by atoms with Gasteiger partial charge in [0.25, 0.3) is 0 Å². The van der Waals surface area contributed by atoms with Gasteiger partial charge in [-0.25, -0.2) is 22.3 Å². The van der Waals surface area contributed by atoms with Crippen LogP contribution in [0, 0.1) is 12.7 Å². The Morgan fingerprint density at radius 1 is 1.45 bits per heavy atom. The van der Waals surface area contributed by atoms with Crippen LogP contribution in [0.1, 0.15) is 21.6 Å². The number of hydrogen-bond donors (Lipinski definition) is 2. The molecule has 2 rings (SSSR count). The second kappa shape index (κ2) is 5.85. The highest BCUT2D eigenvalue weighted by atomic mass is 32.2. The van der Waals surface area contributed by atoms with Crippen molar-refractivity contribution in [1.82, 2.24) is 14.5 Å². The number of hydrogen-bond acceptors (Lipinski definition) is 4. The monoisotopic (exact) mass is 327 g/mol. The lowest BCUT2D eigenvalue weighted by atomic mass is 10.1. The van der Waals surface area contributed by atoms with Crippen LogP contribution in [0.15, 0.2) is 29.3 Å². The SMILES string of the molecule is Cc1cc(C(=O)O)c(F)c(S(=O)(=O)NCc2ccnn2C)c1. The summed E-state index contributed by atoms with van der Waals surface area (Å²) in [6.45, 7) is 1.40. The van der Waals surface area contributed by atoms with Gasteiger partial charge in [0.2, 0.25) is 10.0 Å². The molecule has 0 bridgehead atoms. The van der Waals surface area contributed by atoms with Crippen molar-refractivity contribution in [3.05, 3.63) is 47.0 Å². The normalized spacial score (nSPS) is 11.6. The Balaban J connectivity index is 2.37. The van der Waals surface area contributed by atoms with Gasteiger partial charge in [-0.2, -0.15) is 5.10 Å². The lowest BCUT2D eigenvalue weighted by molar-refractivity contribution is 0.0691. The van der Waals surface area contributed by atoms with E-state index in [-0.39, 0.29) is 6.54 Å². The molecule has 1 aromatic heterocycles. The molecule has 0 aliphatic heterocycles. The number of nitrogens with one attached hydrogen (secondary N) is 1. The zero-order valence-electron chi connectivity index (χ0n) is 11.9. The van der Waals surface area contributed by atoms with Gasteiger partial charge in [-0.1, -0.05) is 0 Å². The second-order valence-corrected chi connectivity index (χ2v) is 6.44. The summed E-state index contributed by atoms with van der Waals surface area (Å²) in [6, 6.07) is 3.78. The minimum atomic E-state index is -4.19. The van der Waals surface area contributed by atoms with Gasteiger partial charge in [0.15, 0.2) is 5.82 Å². The second-order valence-electron chi connectivity index (χ2n) is 4.70. The van der Waals surface area contributed by atoms with Gasteiger partial charge in [0.1, 0.15) is 4.90 Å². The Morgan fingerprint density at radius 2 is 2.14 bits per heavy atom. The first-order valence-corrected chi connectivity index (χ1v) is 7.70. The van der Waals surface area contributed by atoms with Crippen molar-refractivity contribution in [3.8, 4) is 0 Å². The van der Waals surface area contributed by atoms with Crippen LogP contribution in [0.2, 0.25) is 0 Å². The lowest BCUT2D eigenvalue weighted by Gasteiger charge is -2.10. The standard InChI is InChI=1S/C13H14FN3O4S/c1-8-5-10(13(18)19)12(14)11(6-8)22(20,21)16-7-9-3-4-15-17(9)2/h3-6,16H,7H2,1-2H3,(H,18,19). The number of halogens is 1. The van der Waals surface area contributed by atoms with E-state index in [2.05, 4.69) is 9.82 Å². The van der Waals surface area contributed by atoms with Crippen LogP contribution in [0.3, 0.4) is 0 Å². The average Bonchev–Trinajstić information content (AvgIpc) is 2.84. The molecular weight excluding hydrogens is 313 g/mol. The number of carbonyl (C=O) groups is 1. The molecule has 0 saturated carbocycles. The highest BCUT2D eigenvalue weighted by molar-refractivity contribution is 7.89. The van der Waals surface area contributed by atoms with E-state index in [1.165, 1.54) is 17.8 Å². The molecule has 2 N–H and O–H groups in total. The first-order chi connectivity index (χ1) is 10.2. The van der Waals surface area contributed by atoms with Crippen LogP contribution in [0.4, 0.5) is 4.39 Å². The molecule has 0 amide bonds. The zero-order chi connectivity index (χ0) is 16.5. The largest absolute Gasteiger partial charge is 0.478 e. The third-order valence-corrected chi connectivity index (χ3v) is 4.47. The highest BCUT2D eigenvalue weighted by Gasteiger charge is 2.24. The van der Waals surface area contributed by atoms with Gasteiger partial charge in [-0.3, -0.25) is 4.68 Å². The van der Waals surface area contributed by atoms with Crippen molar-refractivity contribution < 1.29 is 22.7 Å². The van der Waals surface area contributed by atoms with Crippen LogP contribution in [-0.2, 0) is 23.6 Å². The number of carboxylic acid groups (broad SMARTS) is 1. The number of aryl methyl sites for hydroxylation is 2. The number of sulfonamides is 1. The topological polar surface area (TPSA) is 101 Å². The first kappa shape index (κ1) is 16.1. The molecule has 118 valence electrons. The maximum Gasteiger partial charge on any atom is 0.338 e. The molecule has 0 saturated heterocycles. The molecular formula is C13H14FN3O4S. The third-order valence-electron chi connectivity index (χ3n) is 3.07. The Hall–Kier alpha value is -2.26. The van der Waals surface area contributed by atoms with Gasteiger partial charge in [-0.15, -0.1) is 0 Å². The summed E-state index contributed by atoms with van der Waals surface area (Å²) in [5.41, 5.74) is 0.232. The van der Waals surface area contributed by atoms with Crippen molar-refractivity contribution in [1.29, 1.82) is 0 Å².